The summed E-state index contributed by atoms with van der Waals surface area (Å²) in [7, 11) is 0. The van der Waals surface area contributed by atoms with Gasteiger partial charge < -0.3 is 0 Å². The van der Waals surface area contributed by atoms with Gasteiger partial charge in [-0.25, -0.2) is 0 Å². The number of hydrogen-bond acceptors (Lipinski definition) is 0. The molecule has 0 N–H and O–H groups in total. The van der Waals surface area contributed by atoms with Gasteiger partial charge in [-0.15, -0.1) is 0 Å². The lowest BCUT2D eigenvalue weighted by molar-refractivity contribution is 0.839. The fraction of sp³-hybridized carbons (Fsp3) is 0.231. The molecule has 0 saturated carbocycles. The van der Waals surface area contributed by atoms with Crippen molar-refractivity contribution in [2.75, 3.05) is 0 Å². The quantitative estimate of drug-likeness (QED) is 0.336. The molecule has 0 aromatic heterocycles. The minimum atomic E-state index is 0.477. The van der Waals surface area contributed by atoms with Gasteiger partial charge in [0, 0.05) is 0 Å². The Labute approximate surface area is 156 Å². The number of fused-ring (bicyclic) bond motifs is 2. The van der Waals surface area contributed by atoms with Crippen molar-refractivity contribution < 1.29 is 0 Å². The van der Waals surface area contributed by atoms with Crippen LogP contribution in [-0.2, 0) is 0 Å². The highest BCUT2D eigenvalue weighted by Gasteiger charge is 2.19. The van der Waals surface area contributed by atoms with Crippen LogP contribution in [0.2, 0.25) is 0 Å². The second-order valence-corrected chi connectivity index (χ2v) is 7.71. The Morgan fingerprint density at radius 2 is 1.00 bits per heavy atom. The smallest absolute Gasteiger partial charge is 0.00139 e. The highest BCUT2D eigenvalue weighted by Crippen LogP contribution is 2.43. The van der Waals surface area contributed by atoms with E-state index in [9.17, 15) is 0 Å². The Hall–Kier alpha value is -2.60. The molecule has 0 heteroatoms. The Balaban J connectivity index is 2.25. The van der Waals surface area contributed by atoms with Crippen LogP contribution in [0.4, 0.5) is 0 Å². The molecule has 0 bridgehead atoms. The van der Waals surface area contributed by atoms with Crippen molar-refractivity contribution in [1.29, 1.82) is 0 Å². The zero-order valence-electron chi connectivity index (χ0n) is 16.0. The molecule has 4 rings (SSSR count). The van der Waals surface area contributed by atoms with Crippen molar-refractivity contribution >= 4 is 21.5 Å². The lowest BCUT2D eigenvalue weighted by Crippen LogP contribution is -2.01. The van der Waals surface area contributed by atoms with Crippen molar-refractivity contribution in [1.82, 2.24) is 0 Å². The molecule has 0 atom stereocenters. The van der Waals surface area contributed by atoms with E-state index in [-0.39, 0.29) is 0 Å². The molecule has 0 nitrogen and oxygen atoms in total. The molecule has 0 aliphatic rings. The van der Waals surface area contributed by atoms with E-state index in [4.69, 9.17) is 0 Å². The van der Waals surface area contributed by atoms with Crippen molar-refractivity contribution in [3.05, 3.63) is 83.9 Å². The molecule has 0 saturated heterocycles. The second kappa shape index (κ2) is 6.61. The van der Waals surface area contributed by atoms with Crippen LogP contribution in [0, 0.1) is 6.07 Å². The first-order valence-corrected chi connectivity index (χ1v) is 9.54. The molecule has 1 radical (unpaired) electrons. The van der Waals surface area contributed by atoms with E-state index >= 15 is 0 Å². The highest BCUT2D eigenvalue weighted by molar-refractivity contribution is 6.13. The van der Waals surface area contributed by atoms with Crippen molar-refractivity contribution in [2.45, 2.75) is 39.5 Å². The van der Waals surface area contributed by atoms with E-state index in [1.165, 1.54) is 43.8 Å². The van der Waals surface area contributed by atoms with Gasteiger partial charge in [0.25, 0.3) is 0 Å². The van der Waals surface area contributed by atoms with Gasteiger partial charge in [-0.3, -0.25) is 0 Å². The first-order chi connectivity index (χ1) is 12.6. The van der Waals surface area contributed by atoms with Crippen molar-refractivity contribution in [3.8, 4) is 11.1 Å². The molecule has 4 aromatic rings. The zero-order valence-corrected chi connectivity index (χ0v) is 16.0. The molecular weight excluding hydrogens is 312 g/mol. The molecule has 0 spiro atoms. The van der Waals surface area contributed by atoms with Crippen LogP contribution in [0.25, 0.3) is 32.7 Å². The van der Waals surface area contributed by atoms with Gasteiger partial charge in [-0.05, 0) is 61.7 Å². The molecule has 26 heavy (non-hydrogen) atoms. The Morgan fingerprint density at radius 3 is 1.46 bits per heavy atom. The van der Waals surface area contributed by atoms with Gasteiger partial charge in [0.15, 0.2) is 0 Å². The number of hydrogen-bond donors (Lipinski definition) is 0. The molecule has 0 heterocycles. The number of rotatable bonds is 3. The Kier molecular flexibility index (Phi) is 4.28. The third kappa shape index (κ3) is 2.70. The lowest BCUT2D eigenvalue weighted by atomic mass is 9.81. The van der Waals surface area contributed by atoms with Crippen molar-refractivity contribution in [2.24, 2.45) is 0 Å². The monoisotopic (exact) mass is 337 g/mol. The van der Waals surface area contributed by atoms with Crippen LogP contribution in [0.1, 0.15) is 50.7 Å². The van der Waals surface area contributed by atoms with E-state index < -0.39 is 0 Å². The van der Waals surface area contributed by atoms with Crippen LogP contribution < -0.4 is 0 Å². The van der Waals surface area contributed by atoms with Crippen molar-refractivity contribution in [3.63, 3.8) is 0 Å². The van der Waals surface area contributed by atoms with E-state index in [0.29, 0.717) is 11.8 Å². The third-order valence-electron chi connectivity index (χ3n) is 5.29. The summed E-state index contributed by atoms with van der Waals surface area (Å²) in [4.78, 5) is 0. The molecule has 0 fully saturated rings. The summed E-state index contributed by atoms with van der Waals surface area (Å²) in [5, 5.41) is 4.96. The van der Waals surface area contributed by atoms with E-state index in [0.717, 1.165) is 0 Å². The standard InChI is InChI=1S/C26H25/c1-17(2)21-14-9-15-22(18(3)4)25(21)26-23-12-7-5-10-19(23)16-20-11-6-8-13-24(20)26/h5-15,17-18H,1-4H3. The number of benzene rings is 4. The van der Waals surface area contributed by atoms with E-state index in [1.807, 2.05) is 0 Å². The molecule has 0 aliphatic carbocycles. The first kappa shape index (κ1) is 16.8. The molecule has 0 unspecified atom stereocenters. The molecule has 0 aliphatic heterocycles. The maximum atomic E-state index is 3.62. The second-order valence-electron chi connectivity index (χ2n) is 7.71. The van der Waals surface area contributed by atoms with Crippen LogP contribution in [0.5, 0.6) is 0 Å². The fourth-order valence-corrected chi connectivity index (χ4v) is 4.02. The topological polar surface area (TPSA) is 0 Å². The molecular formula is C26H25. The average molecular weight is 337 g/mol. The van der Waals surface area contributed by atoms with E-state index in [1.54, 1.807) is 0 Å². The predicted octanol–water partition coefficient (Wildman–Crippen LogP) is 7.71. The van der Waals surface area contributed by atoms with Crippen LogP contribution >= 0.6 is 0 Å². The predicted molar refractivity (Wildman–Crippen MR) is 114 cm³/mol. The lowest BCUT2D eigenvalue weighted by Gasteiger charge is -2.22. The summed E-state index contributed by atoms with van der Waals surface area (Å²) >= 11 is 0. The highest BCUT2D eigenvalue weighted by atomic mass is 14.2. The van der Waals surface area contributed by atoms with Gasteiger partial charge in [-0.2, -0.15) is 0 Å². The van der Waals surface area contributed by atoms with Gasteiger partial charge in [-0.1, -0.05) is 94.4 Å². The summed E-state index contributed by atoms with van der Waals surface area (Å²) in [6, 6.07) is 27.8. The Morgan fingerprint density at radius 1 is 0.538 bits per heavy atom. The van der Waals surface area contributed by atoms with E-state index in [2.05, 4.69) is 100 Å². The van der Waals surface area contributed by atoms with Crippen LogP contribution in [0.15, 0.2) is 66.7 Å². The summed E-state index contributed by atoms with van der Waals surface area (Å²) in [6.07, 6.45) is 0. The van der Waals surface area contributed by atoms with Gasteiger partial charge in [0.2, 0.25) is 0 Å². The minimum absolute atomic E-state index is 0.477. The van der Waals surface area contributed by atoms with Gasteiger partial charge in [0.05, 0.1) is 0 Å². The first-order valence-electron chi connectivity index (χ1n) is 9.54. The maximum absolute atomic E-state index is 3.62. The molecule has 0 amide bonds. The molecule has 4 aromatic carbocycles. The van der Waals surface area contributed by atoms with Crippen LogP contribution in [0.3, 0.4) is 0 Å². The van der Waals surface area contributed by atoms with Gasteiger partial charge in [0.1, 0.15) is 0 Å². The van der Waals surface area contributed by atoms with Gasteiger partial charge >= 0.3 is 0 Å². The fourth-order valence-electron chi connectivity index (χ4n) is 4.02. The molecule has 129 valence electrons. The Bertz CT molecular complexity index is 1000. The summed E-state index contributed by atoms with van der Waals surface area (Å²) in [6.45, 7) is 9.18. The largest absolute Gasteiger partial charge is 0.0617 e. The average Bonchev–Trinajstić information content (AvgIpc) is 2.65. The SMILES string of the molecule is CC(C)c1cccc(C(C)C)c1-c1c2ccccc2[c]c2ccccc12. The third-order valence-corrected chi connectivity index (χ3v) is 5.29. The van der Waals surface area contributed by atoms with Crippen LogP contribution in [-0.4, -0.2) is 0 Å². The normalized spacial score (nSPS) is 11.8. The minimum Gasteiger partial charge on any atom is -0.0617 e. The maximum Gasteiger partial charge on any atom is -0.00139 e. The summed E-state index contributed by atoms with van der Waals surface area (Å²) < 4.78 is 0. The summed E-state index contributed by atoms with van der Waals surface area (Å²) in [5.41, 5.74) is 5.64. The zero-order chi connectivity index (χ0) is 18.3. The summed E-state index contributed by atoms with van der Waals surface area (Å²) in [5.74, 6) is 0.954.